The van der Waals surface area contributed by atoms with E-state index in [1.807, 2.05) is 23.1 Å². The molecule has 4 heterocycles. The Hall–Kier alpha value is -3.21. The summed E-state index contributed by atoms with van der Waals surface area (Å²) in [6.45, 7) is 1.99. The first-order valence-corrected chi connectivity index (χ1v) is 11.1. The van der Waals surface area contributed by atoms with Crippen molar-refractivity contribution in [1.29, 1.82) is 0 Å². The van der Waals surface area contributed by atoms with Gasteiger partial charge in [0, 0.05) is 23.5 Å². The van der Waals surface area contributed by atoms with Crippen LogP contribution in [0, 0.1) is 0 Å². The summed E-state index contributed by atoms with van der Waals surface area (Å²) in [6, 6.07) is 5.63. The zero-order chi connectivity index (χ0) is 22.9. The van der Waals surface area contributed by atoms with Crippen LogP contribution in [-0.4, -0.2) is 55.2 Å². The molecule has 0 saturated carbocycles. The number of aromatic nitrogens is 7. The van der Waals surface area contributed by atoms with Crippen LogP contribution in [0.3, 0.4) is 0 Å². The fraction of sp³-hybridized carbons (Fsp3) is 0.286. The zero-order valence-corrected chi connectivity index (χ0v) is 19.3. The van der Waals surface area contributed by atoms with Crippen LogP contribution in [0.5, 0.6) is 5.75 Å². The van der Waals surface area contributed by atoms with Gasteiger partial charge in [0.05, 0.1) is 40.6 Å². The minimum atomic E-state index is 0.297. The van der Waals surface area contributed by atoms with Crippen molar-refractivity contribution in [3.63, 3.8) is 0 Å². The highest BCUT2D eigenvalue weighted by Crippen LogP contribution is 2.36. The lowest BCUT2D eigenvalue weighted by atomic mass is 10.1. The summed E-state index contributed by atoms with van der Waals surface area (Å²) in [7, 11) is 1.50. The molecule has 0 bridgehead atoms. The second kappa shape index (κ2) is 8.97. The maximum Gasteiger partial charge on any atom is 0.190 e. The maximum absolute atomic E-state index is 6.31. The van der Waals surface area contributed by atoms with E-state index in [1.165, 1.54) is 11.8 Å². The second-order valence-electron chi connectivity index (χ2n) is 7.70. The molecule has 5 rings (SSSR count). The summed E-state index contributed by atoms with van der Waals surface area (Å²) in [6.07, 6.45) is 7.70. The van der Waals surface area contributed by atoms with Gasteiger partial charge in [-0.2, -0.15) is 9.78 Å². The van der Waals surface area contributed by atoms with Gasteiger partial charge in [-0.05, 0) is 54.6 Å². The minimum absolute atomic E-state index is 0.297. The number of piperidine rings is 1. The molecule has 33 heavy (non-hydrogen) atoms. The van der Waals surface area contributed by atoms with Gasteiger partial charge in [0.15, 0.2) is 11.6 Å². The number of rotatable bonds is 5. The number of benzene rings is 1. The number of anilines is 1. The summed E-state index contributed by atoms with van der Waals surface area (Å²) >= 11 is 12.6. The molecule has 1 fully saturated rings. The third-order valence-corrected chi connectivity index (χ3v) is 6.24. The summed E-state index contributed by atoms with van der Waals surface area (Å²) in [4.78, 5) is 4.38. The Morgan fingerprint density at radius 1 is 1.09 bits per heavy atom. The third-order valence-electron chi connectivity index (χ3n) is 5.68. The van der Waals surface area contributed by atoms with Crippen LogP contribution in [0.15, 0.2) is 36.8 Å². The first-order valence-electron chi connectivity index (χ1n) is 10.4. The van der Waals surface area contributed by atoms with Gasteiger partial charge in [0.2, 0.25) is 0 Å². The lowest BCUT2D eigenvalue weighted by Gasteiger charge is -2.22. The molecule has 12 heteroatoms. The number of hydrogen-bond acceptors (Lipinski definition) is 8. The number of ether oxygens (including phenoxy) is 1. The van der Waals surface area contributed by atoms with E-state index in [0.717, 1.165) is 37.1 Å². The van der Waals surface area contributed by atoms with Crippen molar-refractivity contribution in [1.82, 2.24) is 40.3 Å². The van der Waals surface area contributed by atoms with Gasteiger partial charge in [-0.25, -0.2) is 4.98 Å². The molecular formula is C21H21Cl2N9O. The van der Waals surface area contributed by atoms with Crippen molar-refractivity contribution in [2.24, 2.45) is 0 Å². The molecular weight excluding hydrogens is 465 g/mol. The van der Waals surface area contributed by atoms with Gasteiger partial charge >= 0.3 is 0 Å². The molecule has 1 saturated heterocycles. The predicted octanol–water partition coefficient (Wildman–Crippen LogP) is 3.41. The smallest absolute Gasteiger partial charge is 0.190 e. The molecule has 0 atom stereocenters. The Bertz CT molecular complexity index is 1270. The number of tetrazole rings is 1. The third kappa shape index (κ3) is 4.12. The molecule has 4 aromatic rings. The SMILES string of the molecule is COc1c(Cl)cc(-n2nnnc2-c2cc(-c3cnn(C4CCNCC4)c3)cnc2N)cc1Cl. The average Bonchev–Trinajstić information content (AvgIpc) is 3.50. The number of nitrogens with two attached hydrogens (primary N) is 1. The molecule has 0 aliphatic carbocycles. The Kier molecular flexibility index (Phi) is 5.88. The monoisotopic (exact) mass is 485 g/mol. The van der Waals surface area contributed by atoms with E-state index >= 15 is 0 Å². The Labute approximate surface area is 199 Å². The molecule has 1 aliphatic heterocycles. The summed E-state index contributed by atoms with van der Waals surface area (Å²) in [5.41, 5.74) is 9.16. The Balaban J connectivity index is 1.52. The summed E-state index contributed by atoms with van der Waals surface area (Å²) < 4.78 is 8.76. The van der Waals surface area contributed by atoms with E-state index in [2.05, 4.69) is 30.9 Å². The van der Waals surface area contributed by atoms with Crippen LogP contribution in [0.1, 0.15) is 18.9 Å². The highest BCUT2D eigenvalue weighted by Gasteiger charge is 2.20. The highest BCUT2D eigenvalue weighted by molar-refractivity contribution is 6.37. The normalized spacial score (nSPS) is 14.5. The number of nitrogens with one attached hydrogen (secondary N) is 1. The van der Waals surface area contributed by atoms with Crippen molar-refractivity contribution in [2.75, 3.05) is 25.9 Å². The van der Waals surface area contributed by atoms with Crippen molar-refractivity contribution in [3.8, 4) is 34.0 Å². The summed E-state index contributed by atoms with van der Waals surface area (Å²) in [5.74, 6) is 1.08. The fourth-order valence-corrected chi connectivity index (χ4v) is 4.59. The van der Waals surface area contributed by atoms with Crippen molar-refractivity contribution < 1.29 is 4.74 Å². The lowest BCUT2D eigenvalue weighted by molar-refractivity contribution is 0.343. The quantitative estimate of drug-likeness (QED) is 0.440. The molecule has 3 aromatic heterocycles. The molecule has 170 valence electrons. The van der Waals surface area contributed by atoms with Crippen LogP contribution < -0.4 is 15.8 Å². The van der Waals surface area contributed by atoms with Gasteiger partial charge in [0.1, 0.15) is 5.82 Å². The zero-order valence-electron chi connectivity index (χ0n) is 17.7. The first-order chi connectivity index (χ1) is 16.0. The summed E-state index contributed by atoms with van der Waals surface area (Å²) in [5, 5.41) is 20.7. The van der Waals surface area contributed by atoms with E-state index in [9.17, 15) is 0 Å². The average molecular weight is 486 g/mol. The molecule has 10 nitrogen and oxygen atoms in total. The molecule has 1 aromatic carbocycles. The minimum Gasteiger partial charge on any atom is -0.494 e. The standard InChI is InChI=1S/C21H21Cl2N9O/c1-33-19-17(22)7-15(8-18(19)23)32-21(28-29-30-32)16-6-12(9-26-20(16)24)13-10-27-31(11-13)14-2-4-25-5-3-14/h6-11,14,25H,2-5H2,1H3,(H2,24,26). The van der Waals surface area contributed by atoms with Gasteiger partial charge in [-0.15, -0.1) is 5.10 Å². The van der Waals surface area contributed by atoms with Gasteiger partial charge in [-0.3, -0.25) is 4.68 Å². The number of methoxy groups -OCH3 is 1. The molecule has 0 radical (unpaired) electrons. The van der Waals surface area contributed by atoms with Crippen LogP contribution in [-0.2, 0) is 0 Å². The van der Waals surface area contributed by atoms with E-state index in [4.69, 9.17) is 33.7 Å². The van der Waals surface area contributed by atoms with Crippen LogP contribution in [0.2, 0.25) is 10.0 Å². The van der Waals surface area contributed by atoms with E-state index in [-0.39, 0.29) is 0 Å². The van der Waals surface area contributed by atoms with Crippen molar-refractivity contribution in [3.05, 3.63) is 46.8 Å². The van der Waals surface area contributed by atoms with Gasteiger partial charge < -0.3 is 15.8 Å². The molecule has 0 amide bonds. The van der Waals surface area contributed by atoms with Crippen LogP contribution in [0.25, 0.3) is 28.2 Å². The Morgan fingerprint density at radius 3 is 2.58 bits per heavy atom. The van der Waals surface area contributed by atoms with E-state index in [1.54, 1.807) is 18.3 Å². The number of pyridine rings is 1. The Morgan fingerprint density at radius 2 is 1.85 bits per heavy atom. The molecule has 3 N–H and O–H groups in total. The van der Waals surface area contributed by atoms with Gasteiger partial charge in [-0.1, -0.05) is 23.2 Å². The number of nitrogen functional groups attached to an aromatic ring is 1. The van der Waals surface area contributed by atoms with Crippen LogP contribution >= 0.6 is 23.2 Å². The topological polar surface area (TPSA) is 122 Å². The first kappa shape index (κ1) is 21.6. The maximum atomic E-state index is 6.31. The molecule has 0 spiro atoms. The highest BCUT2D eigenvalue weighted by atomic mass is 35.5. The fourth-order valence-electron chi connectivity index (χ4n) is 3.96. The lowest BCUT2D eigenvalue weighted by Crippen LogP contribution is -2.29. The van der Waals surface area contributed by atoms with Gasteiger partial charge in [0.25, 0.3) is 0 Å². The number of halogens is 2. The number of hydrogen-bond donors (Lipinski definition) is 2. The largest absolute Gasteiger partial charge is 0.494 e. The number of nitrogens with zero attached hydrogens (tertiary/aromatic N) is 7. The second-order valence-corrected chi connectivity index (χ2v) is 8.52. The molecule has 1 aliphatic rings. The van der Waals surface area contributed by atoms with Crippen molar-refractivity contribution in [2.45, 2.75) is 18.9 Å². The van der Waals surface area contributed by atoms with Crippen LogP contribution in [0.4, 0.5) is 5.82 Å². The van der Waals surface area contributed by atoms with E-state index in [0.29, 0.717) is 44.7 Å². The molecule has 0 unspecified atom stereocenters. The van der Waals surface area contributed by atoms with E-state index < -0.39 is 0 Å². The predicted molar refractivity (Wildman–Crippen MR) is 126 cm³/mol. The van der Waals surface area contributed by atoms with Crippen molar-refractivity contribution >= 4 is 29.0 Å².